The zero-order chi connectivity index (χ0) is 25.8. The molecule has 4 nitrogen and oxygen atoms in total. The van der Waals surface area contributed by atoms with E-state index in [0.717, 1.165) is 44.4 Å². The van der Waals surface area contributed by atoms with Gasteiger partial charge >= 0.3 is 0 Å². The van der Waals surface area contributed by atoms with E-state index < -0.39 is 0 Å². The Morgan fingerprint density at radius 3 is 2.27 bits per heavy atom. The Hall–Kier alpha value is -4.57. The molecule has 0 bridgehead atoms. The van der Waals surface area contributed by atoms with E-state index in [-0.39, 0.29) is 5.91 Å². The van der Waals surface area contributed by atoms with Crippen LogP contribution < -0.4 is 10.1 Å². The number of carbonyl (C=O) groups is 1. The van der Waals surface area contributed by atoms with Crippen molar-refractivity contribution in [3.8, 4) is 28.0 Å². The number of methoxy groups -OCH3 is 1. The van der Waals surface area contributed by atoms with Crippen molar-refractivity contribution in [2.75, 3.05) is 7.11 Å². The first-order valence-corrected chi connectivity index (χ1v) is 12.3. The number of fused-ring (bicyclic) bond motifs is 1. The summed E-state index contributed by atoms with van der Waals surface area (Å²) in [4.78, 5) is 12.7. The maximum absolute atomic E-state index is 12.7. The lowest BCUT2D eigenvalue weighted by molar-refractivity contribution is -0.116. The number of ether oxygens (including phenoxy) is 1. The van der Waals surface area contributed by atoms with Gasteiger partial charge in [-0.2, -0.15) is 0 Å². The molecule has 0 aliphatic carbocycles. The summed E-state index contributed by atoms with van der Waals surface area (Å²) in [5.41, 5.74) is 9.05. The van der Waals surface area contributed by atoms with E-state index in [2.05, 4.69) is 41.7 Å². The molecule has 0 fully saturated rings. The number of amides is 1. The molecule has 0 saturated carbocycles. The molecule has 0 aliphatic rings. The number of benzene rings is 4. The molecule has 0 aliphatic heterocycles. The molecule has 0 atom stereocenters. The van der Waals surface area contributed by atoms with Crippen LogP contribution in [0.1, 0.15) is 23.6 Å². The standard InChI is InChI=1S/C33H29NO3/c1-22-9-11-24(12-10-22)20-34-33(35)17-23(2)28-18-29-30(21-37-32(29)19-31(28)36-3)27-15-13-26(14-16-27)25-7-5-4-6-8-25/h4-19,21H,20H2,1-3H3,(H,34,35)/b23-17+. The molecular formula is C33H29NO3. The van der Waals surface area contributed by atoms with Crippen molar-refractivity contribution in [1.29, 1.82) is 0 Å². The summed E-state index contributed by atoms with van der Waals surface area (Å²) >= 11 is 0. The fourth-order valence-electron chi connectivity index (χ4n) is 4.45. The molecule has 1 heterocycles. The third-order valence-corrected chi connectivity index (χ3v) is 6.56. The minimum absolute atomic E-state index is 0.149. The van der Waals surface area contributed by atoms with Crippen molar-refractivity contribution in [2.24, 2.45) is 0 Å². The summed E-state index contributed by atoms with van der Waals surface area (Å²) in [7, 11) is 1.63. The summed E-state index contributed by atoms with van der Waals surface area (Å²) in [6, 6.07) is 30.8. The van der Waals surface area contributed by atoms with Gasteiger partial charge in [0.2, 0.25) is 5.91 Å². The Labute approximate surface area is 217 Å². The molecule has 0 unspecified atom stereocenters. The molecule has 5 aromatic rings. The SMILES string of the molecule is COc1cc2occ(-c3ccc(-c4ccccc4)cc3)c2cc1/C(C)=C/C(=O)NCc1ccc(C)cc1. The van der Waals surface area contributed by atoms with Crippen LogP contribution in [-0.4, -0.2) is 13.0 Å². The molecular weight excluding hydrogens is 458 g/mol. The number of hydrogen-bond acceptors (Lipinski definition) is 3. The second-order valence-electron chi connectivity index (χ2n) is 9.17. The quantitative estimate of drug-likeness (QED) is 0.238. The van der Waals surface area contributed by atoms with Crippen LogP contribution in [-0.2, 0) is 11.3 Å². The summed E-state index contributed by atoms with van der Waals surface area (Å²) < 4.78 is 11.5. The highest BCUT2D eigenvalue weighted by Gasteiger charge is 2.15. The molecule has 0 spiro atoms. The smallest absolute Gasteiger partial charge is 0.244 e. The fraction of sp³-hybridized carbons (Fsp3) is 0.121. The van der Waals surface area contributed by atoms with Crippen LogP contribution in [0.25, 0.3) is 38.8 Å². The summed E-state index contributed by atoms with van der Waals surface area (Å²) in [5.74, 6) is 0.511. The van der Waals surface area contributed by atoms with Crippen molar-refractivity contribution in [2.45, 2.75) is 20.4 Å². The normalized spacial score (nSPS) is 11.5. The third kappa shape index (κ3) is 5.34. The minimum atomic E-state index is -0.149. The molecule has 4 heteroatoms. The second kappa shape index (κ2) is 10.6. The van der Waals surface area contributed by atoms with Crippen molar-refractivity contribution in [3.63, 3.8) is 0 Å². The Morgan fingerprint density at radius 1 is 0.892 bits per heavy atom. The highest BCUT2D eigenvalue weighted by molar-refractivity contribution is 6.00. The van der Waals surface area contributed by atoms with Gasteiger partial charge in [0.25, 0.3) is 0 Å². The van der Waals surface area contributed by atoms with Gasteiger partial charge in [0.1, 0.15) is 11.3 Å². The average molecular weight is 488 g/mol. The highest BCUT2D eigenvalue weighted by Crippen LogP contribution is 2.38. The van der Waals surface area contributed by atoms with Crippen molar-refractivity contribution >= 4 is 22.4 Å². The number of hydrogen-bond donors (Lipinski definition) is 1. The molecule has 1 amide bonds. The molecule has 1 N–H and O–H groups in total. The maximum Gasteiger partial charge on any atom is 0.244 e. The monoisotopic (exact) mass is 487 g/mol. The van der Waals surface area contributed by atoms with Gasteiger partial charge < -0.3 is 14.5 Å². The maximum atomic E-state index is 12.7. The molecule has 1 aromatic heterocycles. The molecule has 37 heavy (non-hydrogen) atoms. The van der Waals surface area contributed by atoms with Crippen LogP contribution in [0.15, 0.2) is 108 Å². The van der Waals surface area contributed by atoms with Gasteiger partial charge in [-0.1, -0.05) is 84.4 Å². The van der Waals surface area contributed by atoms with Crippen LogP contribution in [0.2, 0.25) is 0 Å². The van der Waals surface area contributed by atoms with Crippen LogP contribution in [0.4, 0.5) is 0 Å². The first-order valence-electron chi connectivity index (χ1n) is 12.3. The van der Waals surface area contributed by atoms with E-state index in [4.69, 9.17) is 9.15 Å². The van der Waals surface area contributed by atoms with Gasteiger partial charge in [0, 0.05) is 35.2 Å². The van der Waals surface area contributed by atoms with Crippen LogP contribution in [0.3, 0.4) is 0 Å². The molecule has 0 saturated heterocycles. The van der Waals surface area contributed by atoms with Gasteiger partial charge in [0.05, 0.1) is 13.4 Å². The molecule has 4 aromatic carbocycles. The molecule has 0 radical (unpaired) electrons. The number of carbonyl (C=O) groups excluding carboxylic acids is 1. The Bertz CT molecular complexity index is 1560. The number of furan rings is 1. The van der Waals surface area contributed by atoms with E-state index in [9.17, 15) is 4.79 Å². The second-order valence-corrected chi connectivity index (χ2v) is 9.17. The van der Waals surface area contributed by atoms with Crippen molar-refractivity contribution < 1.29 is 13.9 Å². The first-order chi connectivity index (χ1) is 18.0. The zero-order valence-electron chi connectivity index (χ0n) is 21.2. The van der Waals surface area contributed by atoms with E-state index in [1.54, 1.807) is 19.4 Å². The highest BCUT2D eigenvalue weighted by atomic mass is 16.5. The lowest BCUT2D eigenvalue weighted by Gasteiger charge is -2.10. The zero-order valence-corrected chi connectivity index (χ0v) is 21.2. The van der Waals surface area contributed by atoms with Gasteiger partial charge in [-0.15, -0.1) is 0 Å². The van der Waals surface area contributed by atoms with Crippen LogP contribution in [0, 0.1) is 6.92 Å². The average Bonchev–Trinajstić information content (AvgIpc) is 3.35. The van der Waals surface area contributed by atoms with Crippen LogP contribution in [0.5, 0.6) is 5.75 Å². The Balaban J connectivity index is 1.42. The minimum Gasteiger partial charge on any atom is -0.496 e. The largest absolute Gasteiger partial charge is 0.496 e. The lowest BCUT2D eigenvalue weighted by Crippen LogP contribution is -2.20. The number of rotatable bonds is 7. The number of aryl methyl sites for hydroxylation is 1. The summed E-state index contributed by atoms with van der Waals surface area (Å²) in [6.07, 6.45) is 3.39. The van der Waals surface area contributed by atoms with Crippen LogP contribution >= 0.6 is 0 Å². The first kappa shape index (κ1) is 24.1. The molecule has 5 rings (SSSR count). The molecule has 184 valence electrons. The lowest BCUT2D eigenvalue weighted by atomic mass is 9.97. The van der Waals surface area contributed by atoms with E-state index in [1.165, 1.54) is 11.1 Å². The van der Waals surface area contributed by atoms with Crippen molar-refractivity contribution in [3.05, 3.63) is 120 Å². The third-order valence-electron chi connectivity index (χ3n) is 6.56. The fourth-order valence-corrected chi connectivity index (χ4v) is 4.45. The summed E-state index contributed by atoms with van der Waals surface area (Å²) in [6.45, 7) is 4.44. The number of nitrogens with one attached hydrogen (secondary N) is 1. The Kier molecular flexibility index (Phi) is 6.91. The van der Waals surface area contributed by atoms with Gasteiger partial charge in [0.15, 0.2) is 0 Å². The van der Waals surface area contributed by atoms with Gasteiger partial charge in [-0.25, -0.2) is 0 Å². The number of allylic oxidation sites excluding steroid dienone is 1. The van der Waals surface area contributed by atoms with E-state index in [0.29, 0.717) is 12.3 Å². The van der Waals surface area contributed by atoms with Gasteiger partial charge in [-0.05, 0) is 47.7 Å². The Morgan fingerprint density at radius 2 is 1.57 bits per heavy atom. The topological polar surface area (TPSA) is 51.5 Å². The van der Waals surface area contributed by atoms with Gasteiger partial charge in [-0.3, -0.25) is 4.79 Å². The predicted molar refractivity (Wildman–Crippen MR) is 150 cm³/mol. The predicted octanol–water partition coefficient (Wildman–Crippen LogP) is 7.80. The van der Waals surface area contributed by atoms with E-state index in [1.807, 2.05) is 68.4 Å². The van der Waals surface area contributed by atoms with Crippen molar-refractivity contribution in [1.82, 2.24) is 5.32 Å². The van der Waals surface area contributed by atoms with E-state index >= 15 is 0 Å². The summed E-state index contributed by atoms with van der Waals surface area (Å²) in [5, 5.41) is 3.94.